The molecule has 1 aromatic carbocycles. The standard InChI is InChI=1S/C23H30N4O/c1-17-7-8-21-19(12-17)20-14-26(4)11-9-22(20)27(21)16-23(28,15-25(2)3)18-6-5-10-24-13-18/h5-8,10,12-13,28H,9,11,14-16H2,1-4H3. The van der Waals surface area contributed by atoms with Gasteiger partial charge >= 0.3 is 0 Å². The number of benzene rings is 1. The minimum absolute atomic E-state index is 0.523. The summed E-state index contributed by atoms with van der Waals surface area (Å²) in [5.41, 5.74) is 5.11. The number of pyridine rings is 1. The van der Waals surface area contributed by atoms with E-state index in [2.05, 4.69) is 46.6 Å². The quantitative estimate of drug-likeness (QED) is 0.742. The number of hydrogen-bond donors (Lipinski definition) is 1. The van der Waals surface area contributed by atoms with Gasteiger partial charge in [0.1, 0.15) is 5.60 Å². The Morgan fingerprint density at radius 2 is 2.07 bits per heavy atom. The molecule has 0 bridgehead atoms. The summed E-state index contributed by atoms with van der Waals surface area (Å²) in [4.78, 5) is 8.69. The number of aromatic nitrogens is 2. The summed E-state index contributed by atoms with van der Waals surface area (Å²) in [6.45, 7) is 5.21. The van der Waals surface area contributed by atoms with Crippen LogP contribution >= 0.6 is 0 Å². The Labute approximate surface area is 167 Å². The lowest BCUT2D eigenvalue weighted by Crippen LogP contribution is -2.42. The molecule has 0 saturated heterocycles. The summed E-state index contributed by atoms with van der Waals surface area (Å²) in [6.07, 6.45) is 4.55. The molecular formula is C23H30N4O. The zero-order valence-electron chi connectivity index (χ0n) is 17.3. The molecule has 1 N–H and O–H groups in total. The highest BCUT2D eigenvalue weighted by Gasteiger charge is 2.33. The predicted molar refractivity (Wildman–Crippen MR) is 113 cm³/mol. The molecule has 0 fully saturated rings. The normalized spacial score (nSPS) is 17.1. The van der Waals surface area contributed by atoms with Crippen LogP contribution < -0.4 is 0 Å². The first-order chi connectivity index (χ1) is 13.4. The van der Waals surface area contributed by atoms with Gasteiger partial charge in [0.05, 0.1) is 6.54 Å². The third-order valence-corrected chi connectivity index (χ3v) is 5.80. The van der Waals surface area contributed by atoms with E-state index >= 15 is 0 Å². The van der Waals surface area contributed by atoms with Crippen LogP contribution in [0.2, 0.25) is 0 Å². The van der Waals surface area contributed by atoms with E-state index in [0.717, 1.165) is 25.1 Å². The van der Waals surface area contributed by atoms with Crippen molar-refractivity contribution in [2.75, 3.05) is 34.2 Å². The Morgan fingerprint density at radius 3 is 2.79 bits per heavy atom. The number of hydrogen-bond acceptors (Lipinski definition) is 4. The fraction of sp³-hybridized carbons (Fsp3) is 0.435. The summed E-state index contributed by atoms with van der Waals surface area (Å²) >= 11 is 0. The Bertz CT molecular complexity index is 979. The van der Waals surface area contributed by atoms with Crippen LogP contribution in [-0.2, 0) is 25.1 Å². The maximum absolute atomic E-state index is 11.8. The summed E-state index contributed by atoms with van der Waals surface area (Å²) in [7, 11) is 6.19. The second-order valence-electron chi connectivity index (χ2n) is 8.53. The monoisotopic (exact) mass is 378 g/mol. The number of rotatable bonds is 5. The van der Waals surface area contributed by atoms with Crippen molar-refractivity contribution in [3.05, 3.63) is 65.1 Å². The number of aryl methyl sites for hydroxylation is 1. The highest BCUT2D eigenvalue weighted by atomic mass is 16.3. The van der Waals surface area contributed by atoms with Crippen molar-refractivity contribution < 1.29 is 5.11 Å². The average Bonchev–Trinajstić information content (AvgIpc) is 2.94. The third-order valence-electron chi connectivity index (χ3n) is 5.80. The van der Waals surface area contributed by atoms with Crippen molar-refractivity contribution >= 4 is 10.9 Å². The zero-order chi connectivity index (χ0) is 19.9. The van der Waals surface area contributed by atoms with Crippen molar-refractivity contribution in [3.8, 4) is 0 Å². The molecule has 3 heterocycles. The molecule has 5 nitrogen and oxygen atoms in total. The van der Waals surface area contributed by atoms with Crippen molar-refractivity contribution in [2.45, 2.75) is 32.0 Å². The molecule has 2 aromatic heterocycles. The van der Waals surface area contributed by atoms with E-state index in [1.54, 1.807) is 12.4 Å². The molecule has 1 unspecified atom stereocenters. The second kappa shape index (κ2) is 7.32. The molecule has 0 spiro atoms. The van der Waals surface area contributed by atoms with Gasteiger partial charge in [0.15, 0.2) is 0 Å². The van der Waals surface area contributed by atoms with Crippen molar-refractivity contribution in [1.82, 2.24) is 19.4 Å². The lowest BCUT2D eigenvalue weighted by atomic mass is 9.94. The van der Waals surface area contributed by atoms with Crippen molar-refractivity contribution in [2.24, 2.45) is 0 Å². The van der Waals surface area contributed by atoms with Gasteiger partial charge in [-0.25, -0.2) is 0 Å². The Morgan fingerprint density at radius 1 is 1.25 bits per heavy atom. The number of fused-ring (bicyclic) bond motifs is 3. The van der Waals surface area contributed by atoms with Gasteiger partial charge in [0.25, 0.3) is 0 Å². The molecule has 1 atom stereocenters. The second-order valence-corrected chi connectivity index (χ2v) is 8.53. The molecule has 0 amide bonds. The number of aliphatic hydroxyl groups is 1. The zero-order valence-corrected chi connectivity index (χ0v) is 17.3. The Balaban J connectivity index is 1.86. The van der Waals surface area contributed by atoms with Gasteiger partial charge < -0.3 is 19.5 Å². The van der Waals surface area contributed by atoms with Crippen LogP contribution in [0.25, 0.3) is 10.9 Å². The van der Waals surface area contributed by atoms with E-state index < -0.39 is 5.60 Å². The molecule has 148 valence electrons. The third kappa shape index (κ3) is 3.46. The fourth-order valence-electron chi connectivity index (χ4n) is 4.53. The maximum atomic E-state index is 11.8. The van der Waals surface area contributed by atoms with E-state index in [0.29, 0.717) is 13.1 Å². The number of likely N-dealkylation sites (N-methyl/N-ethyl adjacent to an activating group) is 2. The van der Waals surface area contributed by atoms with Crippen LogP contribution in [0, 0.1) is 6.92 Å². The minimum Gasteiger partial charge on any atom is -0.382 e. The molecular weight excluding hydrogens is 348 g/mol. The van der Waals surface area contributed by atoms with Crippen LogP contribution in [0.1, 0.15) is 22.4 Å². The highest BCUT2D eigenvalue weighted by Crippen LogP contribution is 2.34. The summed E-state index contributed by atoms with van der Waals surface area (Å²) in [5.74, 6) is 0. The van der Waals surface area contributed by atoms with Crippen LogP contribution in [0.5, 0.6) is 0 Å². The first kappa shape index (κ1) is 19.1. The van der Waals surface area contributed by atoms with E-state index in [4.69, 9.17) is 0 Å². The van der Waals surface area contributed by atoms with Crippen LogP contribution in [-0.4, -0.2) is 58.7 Å². The minimum atomic E-state index is -1.01. The van der Waals surface area contributed by atoms with Crippen LogP contribution in [0.15, 0.2) is 42.7 Å². The van der Waals surface area contributed by atoms with E-state index in [1.165, 1.54) is 27.7 Å². The Kier molecular flexibility index (Phi) is 5.00. The van der Waals surface area contributed by atoms with Gasteiger partial charge in [-0.2, -0.15) is 0 Å². The SMILES string of the molecule is Cc1ccc2c(c1)c1c(n2CC(O)(CN(C)C)c2cccnc2)CCN(C)C1. The van der Waals surface area contributed by atoms with E-state index in [9.17, 15) is 5.11 Å². The molecule has 28 heavy (non-hydrogen) atoms. The summed E-state index contributed by atoms with van der Waals surface area (Å²) < 4.78 is 2.35. The van der Waals surface area contributed by atoms with Gasteiger partial charge in [-0.05, 0) is 51.8 Å². The molecule has 0 radical (unpaired) electrons. The van der Waals surface area contributed by atoms with E-state index in [-0.39, 0.29) is 0 Å². The molecule has 0 saturated carbocycles. The van der Waals surface area contributed by atoms with Crippen LogP contribution in [0.4, 0.5) is 0 Å². The molecule has 0 aliphatic carbocycles. The molecule has 5 heteroatoms. The molecule has 1 aliphatic heterocycles. The van der Waals surface area contributed by atoms with Crippen molar-refractivity contribution in [1.29, 1.82) is 0 Å². The van der Waals surface area contributed by atoms with Gasteiger partial charge in [-0.15, -0.1) is 0 Å². The lowest BCUT2D eigenvalue weighted by molar-refractivity contribution is -0.00469. The van der Waals surface area contributed by atoms with Gasteiger partial charge in [0, 0.05) is 60.6 Å². The highest BCUT2D eigenvalue weighted by molar-refractivity contribution is 5.86. The smallest absolute Gasteiger partial charge is 0.121 e. The topological polar surface area (TPSA) is 44.5 Å². The van der Waals surface area contributed by atoms with E-state index in [1.807, 2.05) is 31.1 Å². The lowest BCUT2D eigenvalue weighted by Gasteiger charge is -2.33. The largest absolute Gasteiger partial charge is 0.382 e. The van der Waals surface area contributed by atoms with Crippen LogP contribution in [0.3, 0.4) is 0 Å². The van der Waals surface area contributed by atoms with Gasteiger partial charge in [-0.3, -0.25) is 4.98 Å². The summed E-state index contributed by atoms with van der Waals surface area (Å²) in [5, 5.41) is 13.1. The van der Waals surface area contributed by atoms with Gasteiger partial charge in [0.2, 0.25) is 0 Å². The predicted octanol–water partition coefficient (Wildman–Crippen LogP) is 2.78. The fourth-order valence-corrected chi connectivity index (χ4v) is 4.53. The molecule has 1 aliphatic rings. The molecule has 4 rings (SSSR count). The first-order valence-electron chi connectivity index (χ1n) is 9.94. The molecule has 3 aromatic rings. The van der Waals surface area contributed by atoms with Crippen molar-refractivity contribution in [3.63, 3.8) is 0 Å². The first-order valence-corrected chi connectivity index (χ1v) is 9.94. The summed E-state index contributed by atoms with van der Waals surface area (Å²) in [6, 6.07) is 10.5. The Hall–Kier alpha value is -2.21. The average molecular weight is 379 g/mol. The number of nitrogens with zero attached hydrogens (tertiary/aromatic N) is 4. The van der Waals surface area contributed by atoms with Gasteiger partial charge in [-0.1, -0.05) is 17.7 Å². The maximum Gasteiger partial charge on any atom is 0.121 e.